The SMILES string of the molecule is Cc1cc(Br)cc2c1N(C(=O)CCn1nc3ccccn3c1=O)CCC2. The first kappa shape index (κ1) is 17.0. The molecule has 3 aromatic rings. The van der Waals surface area contributed by atoms with Crippen molar-refractivity contribution in [1.82, 2.24) is 14.2 Å². The van der Waals surface area contributed by atoms with Crippen LogP contribution in [0, 0.1) is 6.92 Å². The molecule has 0 atom stereocenters. The van der Waals surface area contributed by atoms with Gasteiger partial charge >= 0.3 is 5.69 Å². The number of pyridine rings is 1. The number of hydrogen-bond donors (Lipinski definition) is 0. The predicted molar refractivity (Wildman–Crippen MR) is 104 cm³/mol. The summed E-state index contributed by atoms with van der Waals surface area (Å²) in [7, 11) is 0. The molecular formula is C19H19BrN4O2. The molecule has 2 aromatic heterocycles. The van der Waals surface area contributed by atoms with Crippen molar-refractivity contribution < 1.29 is 4.79 Å². The van der Waals surface area contributed by atoms with Gasteiger partial charge in [0.2, 0.25) is 5.91 Å². The van der Waals surface area contributed by atoms with E-state index in [0.29, 0.717) is 12.2 Å². The summed E-state index contributed by atoms with van der Waals surface area (Å²) in [5.41, 5.74) is 3.68. The van der Waals surface area contributed by atoms with Crippen molar-refractivity contribution >= 4 is 33.2 Å². The minimum absolute atomic E-state index is 0.0281. The third-order valence-electron chi connectivity index (χ3n) is 4.77. The standard InChI is InChI=1S/C19H19BrN4O2/c1-13-11-15(20)12-14-5-4-9-23(18(13)14)17(25)7-10-24-19(26)22-8-3-2-6-16(22)21-24/h2-3,6,8,11-12H,4-5,7,9-10H2,1H3. The lowest BCUT2D eigenvalue weighted by atomic mass is 9.98. The molecular weight excluding hydrogens is 396 g/mol. The smallest absolute Gasteiger partial charge is 0.312 e. The summed E-state index contributed by atoms with van der Waals surface area (Å²) in [5, 5.41) is 4.29. The molecule has 1 aliphatic heterocycles. The highest BCUT2D eigenvalue weighted by atomic mass is 79.9. The number of benzene rings is 1. The number of amides is 1. The molecule has 0 saturated carbocycles. The van der Waals surface area contributed by atoms with E-state index in [4.69, 9.17) is 0 Å². The van der Waals surface area contributed by atoms with E-state index < -0.39 is 0 Å². The number of fused-ring (bicyclic) bond motifs is 2. The summed E-state index contributed by atoms with van der Waals surface area (Å²) in [4.78, 5) is 27.1. The van der Waals surface area contributed by atoms with Crippen molar-refractivity contribution in [1.29, 1.82) is 0 Å². The Morgan fingerprint density at radius 1 is 1.31 bits per heavy atom. The van der Waals surface area contributed by atoms with Crippen LogP contribution in [0.1, 0.15) is 24.0 Å². The zero-order valence-corrected chi connectivity index (χ0v) is 16.1. The molecule has 6 nitrogen and oxygen atoms in total. The molecule has 1 amide bonds. The van der Waals surface area contributed by atoms with Gasteiger partial charge in [-0.2, -0.15) is 0 Å². The van der Waals surface area contributed by atoms with E-state index in [1.54, 1.807) is 18.3 Å². The van der Waals surface area contributed by atoms with Crippen molar-refractivity contribution in [3.63, 3.8) is 0 Å². The second-order valence-corrected chi connectivity index (χ2v) is 7.48. The van der Waals surface area contributed by atoms with E-state index in [9.17, 15) is 9.59 Å². The number of halogens is 1. The number of aryl methyl sites for hydroxylation is 3. The fourth-order valence-electron chi connectivity index (χ4n) is 3.62. The number of rotatable bonds is 3. The number of nitrogens with zero attached hydrogens (tertiary/aromatic N) is 4. The van der Waals surface area contributed by atoms with Gasteiger partial charge < -0.3 is 4.90 Å². The first-order chi connectivity index (χ1) is 12.5. The molecule has 0 saturated heterocycles. The van der Waals surface area contributed by atoms with Gasteiger partial charge in [-0.05, 0) is 55.2 Å². The summed E-state index contributed by atoms with van der Waals surface area (Å²) in [6, 6.07) is 9.53. The van der Waals surface area contributed by atoms with Crippen LogP contribution in [-0.2, 0) is 17.8 Å². The van der Waals surface area contributed by atoms with Crippen molar-refractivity contribution in [3.8, 4) is 0 Å². The maximum absolute atomic E-state index is 12.9. The second kappa shape index (κ2) is 6.72. The maximum atomic E-state index is 12.9. The Labute approximate surface area is 159 Å². The highest BCUT2D eigenvalue weighted by Gasteiger charge is 2.24. The van der Waals surface area contributed by atoms with Crippen molar-refractivity contribution in [2.45, 2.75) is 32.7 Å². The van der Waals surface area contributed by atoms with Crippen LogP contribution in [0.5, 0.6) is 0 Å². The van der Waals surface area contributed by atoms with E-state index in [1.165, 1.54) is 14.6 Å². The Morgan fingerprint density at radius 2 is 2.15 bits per heavy atom. The second-order valence-electron chi connectivity index (χ2n) is 6.56. The summed E-state index contributed by atoms with van der Waals surface area (Å²) >= 11 is 3.53. The van der Waals surface area contributed by atoms with Crippen molar-refractivity contribution in [2.75, 3.05) is 11.4 Å². The highest BCUT2D eigenvalue weighted by molar-refractivity contribution is 9.10. The first-order valence-corrected chi connectivity index (χ1v) is 9.47. The van der Waals surface area contributed by atoms with Gasteiger partial charge in [0.1, 0.15) is 0 Å². The molecule has 7 heteroatoms. The Morgan fingerprint density at radius 3 is 2.96 bits per heavy atom. The number of carbonyl (C=O) groups excluding carboxylic acids is 1. The maximum Gasteiger partial charge on any atom is 0.350 e. The van der Waals surface area contributed by atoms with Gasteiger partial charge in [0.05, 0.1) is 6.54 Å². The molecule has 134 valence electrons. The van der Waals surface area contributed by atoms with Gasteiger partial charge in [-0.3, -0.25) is 9.20 Å². The third kappa shape index (κ3) is 2.96. The first-order valence-electron chi connectivity index (χ1n) is 8.68. The summed E-state index contributed by atoms with van der Waals surface area (Å²) in [6.07, 6.45) is 3.86. The van der Waals surface area contributed by atoms with Crippen LogP contribution in [0.2, 0.25) is 0 Å². The van der Waals surface area contributed by atoms with Gasteiger partial charge in [-0.25, -0.2) is 9.48 Å². The number of hydrogen-bond acceptors (Lipinski definition) is 3. The summed E-state index contributed by atoms with van der Waals surface area (Å²) in [5.74, 6) is 0.0281. The summed E-state index contributed by atoms with van der Waals surface area (Å²) < 4.78 is 3.90. The topological polar surface area (TPSA) is 59.6 Å². The monoisotopic (exact) mass is 414 g/mol. The number of aromatic nitrogens is 3. The minimum atomic E-state index is -0.215. The molecule has 0 radical (unpaired) electrons. The molecule has 0 fully saturated rings. The molecule has 4 rings (SSSR count). The van der Waals surface area contributed by atoms with E-state index in [1.807, 2.05) is 24.0 Å². The van der Waals surface area contributed by atoms with Crippen LogP contribution in [0.15, 0.2) is 45.8 Å². The largest absolute Gasteiger partial charge is 0.350 e. The van der Waals surface area contributed by atoms with Crippen molar-refractivity contribution in [2.24, 2.45) is 0 Å². The molecule has 0 unspecified atom stereocenters. The molecule has 0 N–H and O–H groups in total. The quantitative estimate of drug-likeness (QED) is 0.661. The van der Waals surface area contributed by atoms with Crippen LogP contribution in [0.3, 0.4) is 0 Å². The predicted octanol–water partition coefficient (Wildman–Crippen LogP) is 2.94. The lowest BCUT2D eigenvalue weighted by Crippen LogP contribution is -2.37. The fourth-order valence-corrected chi connectivity index (χ4v) is 4.24. The van der Waals surface area contributed by atoms with Crippen LogP contribution >= 0.6 is 15.9 Å². The minimum Gasteiger partial charge on any atom is -0.312 e. The lowest BCUT2D eigenvalue weighted by molar-refractivity contribution is -0.119. The van der Waals surface area contributed by atoms with Crippen LogP contribution in [0.25, 0.3) is 5.65 Å². The van der Waals surface area contributed by atoms with Crippen LogP contribution in [-0.4, -0.2) is 26.6 Å². The lowest BCUT2D eigenvalue weighted by Gasteiger charge is -2.31. The highest BCUT2D eigenvalue weighted by Crippen LogP contribution is 2.33. The fraction of sp³-hybridized carbons (Fsp3) is 0.316. The molecule has 3 heterocycles. The Hall–Kier alpha value is -2.41. The zero-order chi connectivity index (χ0) is 18.3. The van der Waals surface area contributed by atoms with E-state index in [0.717, 1.165) is 28.6 Å². The van der Waals surface area contributed by atoms with E-state index in [2.05, 4.69) is 27.1 Å². The molecule has 0 bridgehead atoms. The average molecular weight is 415 g/mol. The molecule has 0 spiro atoms. The molecule has 0 aliphatic carbocycles. The van der Waals surface area contributed by atoms with Gasteiger partial charge in [0.15, 0.2) is 5.65 Å². The van der Waals surface area contributed by atoms with Crippen LogP contribution < -0.4 is 10.6 Å². The number of anilines is 1. The molecule has 26 heavy (non-hydrogen) atoms. The van der Waals surface area contributed by atoms with Gasteiger partial charge in [0.25, 0.3) is 0 Å². The Balaban J connectivity index is 1.56. The average Bonchev–Trinajstić information content (AvgIpc) is 2.95. The Kier molecular flexibility index (Phi) is 4.40. The number of carbonyl (C=O) groups is 1. The summed E-state index contributed by atoms with van der Waals surface area (Å²) in [6.45, 7) is 3.02. The van der Waals surface area contributed by atoms with Crippen molar-refractivity contribution in [3.05, 3.63) is 62.6 Å². The van der Waals surface area contributed by atoms with E-state index >= 15 is 0 Å². The van der Waals surface area contributed by atoms with E-state index in [-0.39, 0.29) is 24.6 Å². The Bertz CT molecular complexity index is 1050. The van der Waals surface area contributed by atoms with Gasteiger partial charge in [-0.15, -0.1) is 5.10 Å². The third-order valence-corrected chi connectivity index (χ3v) is 5.23. The van der Waals surface area contributed by atoms with Crippen LogP contribution in [0.4, 0.5) is 5.69 Å². The van der Waals surface area contributed by atoms with Gasteiger partial charge in [0, 0.05) is 29.3 Å². The zero-order valence-electron chi connectivity index (χ0n) is 14.5. The molecule has 1 aliphatic rings. The normalized spacial score (nSPS) is 13.8. The van der Waals surface area contributed by atoms with Gasteiger partial charge in [-0.1, -0.05) is 22.0 Å². The molecule has 1 aromatic carbocycles.